The van der Waals surface area contributed by atoms with Crippen molar-refractivity contribution in [3.63, 3.8) is 0 Å². The van der Waals surface area contributed by atoms with Gasteiger partial charge < -0.3 is 26.0 Å². The van der Waals surface area contributed by atoms with E-state index in [0.717, 1.165) is 79.9 Å². The summed E-state index contributed by atoms with van der Waals surface area (Å²) < 4.78 is 5.86. The number of nitrogens with two attached hydrogens (primary N) is 2. The molecular formula is C25H32N8O2. The highest BCUT2D eigenvalue weighted by Gasteiger charge is 2.47. The van der Waals surface area contributed by atoms with Crippen molar-refractivity contribution >= 4 is 23.2 Å². The molecule has 0 aliphatic carbocycles. The Labute approximate surface area is 204 Å². The zero-order valence-electron chi connectivity index (χ0n) is 20.3. The lowest BCUT2D eigenvalue weighted by Crippen LogP contribution is -2.50. The van der Waals surface area contributed by atoms with Crippen molar-refractivity contribution in [2.45, 2.75) is 57.7 Å². The summed E-state index contributed by atoms with van der Waals surface area (Å²) in [4.78, 5) is 35.3. The van der Waals surface area contributed by atoms with Gasteiger partial charge in [-0.2, -0.15) is 0 Å². The lowest BCUT2D eigenvalue weighted by molar-refractivity contribution is 0.0973. The number of amides is 1. The van der Waals surface area contributed by atoms with Crippen molar-refractivity contribution in [1.82, 2.24) is 15.0 Å². The van der Waals surface area contributed by atoms with Crippen LogP contribution in [0.3, 0.4) is 0 Å². The van der Waals surface area contributed by atoms with Gasteiger partial charge in [-0.15, -0.1) is 0 Å². The first-order valence-corrected chi connectivity index (χ1v) is 12.5. The molecule has 1 amide bonds. The average Bonchev–Trinajstić information content (AvgIpc) is 3.41. The fourth-order valence-electron chi connectivity index (χ4n) is 5.95. The number of hydrogen-bond acceptors (Lipinski definition) is 9. The number of hydrogen-bond donors (Lipinski definition) is 2. The summed E-state index contributed by atoms with van der Waals surface area (Å²) in [6.45, 7) is 8.06. The molecule has 0 aromatic carbocycles. The highest BCUT2D eigenvalue weighted by molar-refractivity contribution is 6.11. The molecule has 2 aromatic heterocycles. The fraction of sp³-hybridized carbons (Fsp3) is 0.560. The molecule has 2 aromatic rings. The number of fused-ring (bicyclic) bond motifs is 2. The first-order valence-electron chi connectivity index (χ1n) is 12.5. The Morgan fingerprint density at radius 3 is 2.69 bits per heavy atom. The SMILES string of the molecule is C[C@@H]1CCN(C2=NCc3nc(N4CCC5(CC4)CO[C@@H](C)[C@H]5N)cnc32)c2ccc(C(N)=O)nc21. The number of aromatic nitrogens is 3. The van der Waals surface area contributed by atoms with E-state index >= 15 is 0 Å². The van der Waals surface area contributed by atoms with Crippen LogP contribution in [-0.4, -0.2) is 65.1 Å². The topological polar surface area (TPSA) is 136 Å². The molecule has 3 atom stereocenters. The molecule has 10 heteroatoms. The normalized spacial score (nSPS) is 27.1. The Hall–Kier alpha value is -3.11. The van der Waals surface area contributed by atoms with Crippen LogP contribution in [-0.2, 0) is 11.3 Å². The molecule has 6 heterocycles. The molecule has 4 aliphatic rings. The second-order valence-corrected chi connectivity index (χ2v) is 10.4. The number of primary amides is 1. The Kier molecular flexibility index (Phi) is 5.26. The van der Waals surface area contributed by atoms with Gasteiger partial charge >= 0.3 is 0 Å². The number of amidine groups is 1. The van der Waals surface area contributed by atoms with E-state index in [1.807, 2.05) is 12.3 Å². The van der Waals surface area contributed by atoms with E-state index in [1.165, 1.54) is 0 Å². The third-order valence-electron chi connectivity index (χ3n) is 8.31. The number of rotatable bonds is 2. The minimum absolute atomic E-state index is 0.0809. The number of carbonyl (C=O) groups is 1. The highest BCUT2D eigenvalue weighted by atomic mass is 16.5. The van der Waals surface area contributed by atoms with Crippen molar-refractivity contribution in [3.8, 4) is 0 Å². The van der Waals surface area contributed by atoms with Gasteiger partial charge in [0.05, 0.1) is 42.5 Å². The lowest BCUT2D eigenvalue weighted by Gasteiger charge is -2.41. The molecule has 0 radical (unpaired) electrons. The number of anilines is 2. The fourth-order valence-corrected chi connectivity index (χ4v) is 5.95. The van der Waals surface area contributed by atoms with Gasteiger partial charge in [-0.05, 0) is 38.3 Å². The molecule has 2 saturated heterocycles. The van der Waals surface area contributed by atoms with Crippen LogP contribution in [0.2, 0.25) is 0 Å². The molecular weight excluding hydrogens is 444 g/mol. The molecule has 2 fully saturated rings. The molecule has 4 aliphatic heterocycles. The summed E-state index contributed by atoms with van der Waals surface area (Å²) >= 11 is 0. The van der Waals surface area contributed by atoms with Crippen LogP contribution >= 0.6 is 0 Å². The summed E-state index contributed by atoms with van der Waals surface area (Å²) in [7, 11) is 0. The number of ether oxygens (including phenoxy) is 1. The van der Waals surface area contributed by atoms with Crippen LogP contribution in [0.15, 0.2) is 23.3 Å². The van der Waals surface area contributed by atoms with Crippen molar-refractivity contribution in [1.29, 1.82) is 0 Å². The predicted octanol–water partition coefficient (Wildman–Crippen LogP) is 1.58. The number of aliphatic imine (C=N–C) groups is 1. The monoisotopic (exact) mass is 476 g/mol. The van der Waals surface area contributed by atoms with Crippen molar-refractivity contribution in [2.24, 2.45) is 21.9 Å². The maximum Gasteiger partial charge on any atom is 0.267 e. The second-order valence-electron chi connectivity index (χ2n) is 10.4. The summed E-state index contributed by atoms with van der Waals surface area (Å²) in [6, 6.07) is 3.69. The summed E-state index contributed by atoms with van der Waals surface area (Å²) in [5, 5.41) is 0. The molecule has 35 heavy (non-hydrogen) atoms. The van der Waals surface area contributed by atoms with E-state index < -0.39 is 5.91 Å². The molecule has 6 rings (SSSR count). The quantitative estimate of drug-likeness (QED) is 0.667. The lowest BCUT2D eigenvalue weighted by atomic mass is 9.73. The van der Waals surface area contributed by atoms with Crippen LogP contribution in [0.1, 0.15) is 66.6 Å². The van der Waals surface area contributed by atoms with Gasteiger partial charge in [0.1, 0.15) is 17.2 Å². The maximum absolute atomic E-state index is 11.6. The molecule has 184 valence electrons. The van der Waals surface area contributed by atoms with Gasteiger partial charge in [-0.3, -0.25) is 9.79 Å². The minimum atomic E-state index is -0.514. The third-order valence-corrected chi connectivity index (χ3v) is 8.31. The van der Waals surface area contributed by atoms with E-state index in [4.69, 9.17) is 31.2 Å². The molecule has 1 spiro atoms. The van der Waals surface area contributed by atoms with Gasteiger partial charge in [-0.25, -0.2) is 15.0 Å². The summed E-state index contributed by atoms with van der Waals surface area (Å²) in [6.07, 6.45) is 4.90. The number of carbonyl (C=O) groups excluding carboxylic acids is 1. The third kappa shape index (κ3) is 3.58. The van der Waals surface area contributed by atoms with E-state index in [-0.39, 0.29) is 23.5 Å². The predicted molar refractivity (Wildman–Crippen MR) is 133 cm³/mol. The van der Waals surface area contributed by atoms with Crippen LogP contribution in [0, 0.1) is 5.41 Å². The van der Waals surface area contributed by atoms with E-state index in [2.05, 4.69) is 28.6 Å². The molecule has 0 unspecified atom stereocenters. The zero-order valence-corrected chi connectivity index (χ0v) is 20.3. The van der Waals surface area contributed by atoms with Gasteiger partial charge in [0, 0.05) is 37.0 Å². The first-order chi connectivity index (χ1) is 16.9. The maximum atomic E-state index is 11.6. The number of nitrogens with zero attached hydrogens (tertiary/aromatic N) is 6. The number of pyridine rings is 1. The Bertz CT molecular complexity index is 1210. The molecule has 0 bridgehead atoms. The molecule has 4 N–H and O–H groups in total. The zero-order chi connectivity index (χ0) is 24.3. The average molecular weight is 477 g/mol. The summed E-state index contributed by atoms with van der Waals surface area (Å²) in [5.41, 5.74) is 15.9. The molecule has 0 saturated carbocycles. The Morgan fingerprint density at radius 2 is 1.97 bits per heavy atom. The van der Waals surface area contributed by atoms with Gasteiger partial charge in [0.25, 0.3) is 5.91 Å². The van der Waals surface area contributed by atoms with Crippen LogP contribution < -0.4 is 21.3 Å². The van der Waals surface area contributed by atoms with Crippen LogP contribution in [0.4, 0.5) is 11.5 Å². The molecule has 10 nitrogen and oxygen atoms in total. The Morgan fingerprint density at radius 1 is 1.17 bits per heavy atom. The van der Waals surface area contributed by atoms with Crippen LogP contribution in [0.5, 0.6) is 0 Å². The van der Waals surface area contributed by atoms with Crippen molar-refractivity contribution in [2.75, 3.05) is 36.0 Å². The summed E-state index contributed by atoms with van der Waals surface area (Å²) in [5.74, 6) is 1.44. The number of piperidine rings is 1. The van der Waals surface area contributed by atoms with Gasteiger partial charge in [0.15, 0.2) is 5.84 Å². The minimum Gasteiger partial charge on any atom is -0.376 e. The highest BCUT2D eigenvalue weighted by Crippen LogP contribution is 2.42. The van der Waals surface area contributed by atoms with Crippen molar-refractivity contribution < 1.29 is 9.53 Å². The first kappa shape index (κ1) is 22.4. The largest absolute Gasteiger partial charge is 0.376 e. The smallest absolute Gasteiger partial charge is 0.267 e. The van der Waals surface area contributed by atoms with Gasteiger partial charge in [0.2, 0.25) is 0 Å². The second kappa shape index (κ2) is 8.23. The van der Waals surface area contributed by atoms with Gasteiger partial charge in [-0.1, -0.05) is 6.92 Å². The standard InChI is InChI=1S/C25H32N8O2/c1-14-5-8-33(18-4-3-16(23(27)34)31-20(14)18)24-21-17(11-29-24)30-19(12-28-21)32-9-6-25(7-10-32)13-35-15(2)22(25)26/h3-4,12,14-15,22H,5-11,13,26H2,1-2H3,(H2,27,34)/t14-,15+,22-/m1/s1. The van der Waals surface area contributed by atoms with Crippen LogP contribution in [0.25, 0.3) is 0 Å². The Balaban J connectivity index is 1.22. The van der Waals surface area contributed by atoms with Crippen molar-refractivity contribution in [3.05, 3.63) is 41.1 Å². The van der Waals surface area contributed by atoms with E-state index in [0.29, 0.717) is 12.2 Å². The van der Waals surface area contributed by atoms with E-state index in [1.54, 1.807) is 6.07 Å². The van der Waals surface area contributed by atoms with E-state index in [9.17, 15) is 4.79 Å².